The molecule has 0 fully saturated rings. The number of halogens is 1. The number of nitrogens with zero attached hydrogens (tertiary/aromatic N) is 2. The monoisotopic (exact) mass is 373 g/mol. The van der Waals surface area contributed by atoms with E-state index in [0.29, 0.717) is 17.8 Å². The van der Waals surface area contributed by atoms with Gasteiger partial charge in [-0.05, 0) is 50.1 Å². The zero-order valence-corrected chi connectivity index (χ0v) is 15.4. The van der Waals surface area contributed by atoms with Crippen LogP contribution in [0.15, 0.2) is 59.5 Å². The van der Waals surface area contributed by atoms with Gasteiger partial charge in [0.05, 0.1) is 17.1 Å². The molecule has 0 aliphatic rings. The second-order valence-corrected chi connectivity index (χ2v) is 7.73. The van der Waals surface area contributed by atoms with Crippen molar-refractivity contribution >= 4 is 10.0 Å². The van der Waals surface area contributed by atoms with Crippen molar-refractivity contribution in [2.75, 3.05) is 6.54 Å². The summed E-state index contributed by atoms with van der Waals surface area (Å²) in [4.78, 5) is 0.195. The van der Waals surface area contributed by atoms with Crippen LogP contribution >= 0.6 is 0 Å². The lowest BCUT2D eigenvalue weighted by Gasteiger charge is -2.08. The third-order valence-electron chi connectivity index (χ3n) is 4.11. The molecule has 3 aromatic rings. The van der Waals surface area contributed by atoms with Crippen molar-refractivity contribution < 1.29 is 12.8 Å². The van der Waals surface area contributed by atoms with Crippen LogP contribution < -0.4 is 4.72 Å². The maximum absolute atomic E-state index is 12.9. The van der Waals surface area contributed by atoms with Gasteiger partial charge < -0.3 is 0 Å². The molecule has 0 bridgehead atoms. The van der Waals surface area contributed by atoms with Gasteiger partial charge in [0.25, 0.3) is 0 Å². The Morgan fingerprint density at radius 1 is 1.04 bits per heavy atom. The Bertz CT molecular complexity index is 997. The number of aryl methyl sites for hydroxylation is 1. The van der Waals surface area contributed by atoms with Gasteiger partial charge >= 0.3 is 0 Å². The maximum atomic E-state index is 12.9. The molecule has 0 spiro atoms. The summed E-state index contributed by atoms with van der Waals surface area (Å²) >= 11 is 0. The summed E-state index contributed by atoms with van der Waals surface area (Å²) in [5.74, 6) is -0.311. The van der Waals surface area contributed by atoms with Crippen molar-refractivity contribution in [1.29, 1.82) is 0 Å². The first-order chi connectivity index (χ1) is 12.4. The second kappa shape index (κ2) is 7.39. The lowest BCUT2D eigenvalue weighted by atomic mass is 10.1. The molecule has 0 aliphatic heterocycles. The smallest absolute Gasteiger partial charge is 0.236 e. The standard InChI is InChI=1S/C19H20FN3O2S/c1-14-19(15(2)23(22-14)18-6-4-3-5-7-18)26(24,25)21-13-12-16-8-10-17(20)11-9-16/h3-11,21H,12-13H2,1-2H3. The van der Waals surface area contributed by atoms with Gasteiger partial charge in [-0.15, -0.1) is 0 Å². The summed E-state index contributed by atoms with van der Waals surface area (Å²) in [5.41, 5.74) is 2.67. The molecular formula is C19H20FN3O2S. The highest BCUT2D eigenvalue weighted by Gasteiger charge is 2.24. The molecule has 1 N–H and O–H groups in total. The number of benzene rings is 2. The molecule has 0 unspecified atom stereocenters. The average molecular weight is 373 g/mol. The van der Waals surface area contributed by atoms with E-state index in [-0.39, 0.29) is 17.3 Å². The molecule has 1 heterocycles. The highest BCUT2D eigenvalue weighted by Crippen LogP contribution is 2.22. The molecule has 5 nitrogen and oxygen atoms in total. The minimum absolute atomic E-state index is 0.195. The number of para-hydroxylation sites is 1. The Labute approximate surface area is 152 Å². The topological polar surface area (TPSA) is 64.0 Å². The van der Waals surface area contributed by atoms with Crippen LogP contribution in [0.5, 0.6) is 0 Å². The van der Waals surface area contributed by atoms with Crippen molar-refractivity contribution in [2.24, 2.45) is 0 Å². The Morgan fingerprint density at radius 3 is 2.35 bits per heavy atom. The minimum atomic E-state index is -3.69. The molecule has 0 saturated heterocycles. The first-order valence-corrected chi connectivity index (χ1v) is 9.72. The van der Waals surface area contributed by atoms with E-state index in [4.69, 9.17) is 0 Å². The van der Waals surface area contributed by atoms with E-state index >= 15 is 0 Å². The Hall–Kier alpha value is -2.51. The Kier molecular flexibility index (Phi) is 5.20. The zero-order chi connectivity index (χ0) is 18.7. The number of aromatic nitrogens is 2. The van der Waals surface area contributed by atoms with Crippen LogP contribution in [0.1, 0.15) is 17.0 Å². The molecule has 3 rings (SSSR count). The van der Waals surface area contributed by atoms with E-state index in [1.807, 2.05) is 30.3 Å². The number of hydrogen-bond donors (Lipinski definition) is 1. The van der Waals surface area contributed by atoms with E-state index < -0.39 is 10.0 Å². The van der Waals surface area contributed by atoms with Crippen molar-refractivity contribution in [3.63, 3.8) is 0 Å². The number of hydrogen-bond acceptors (Lipinski definition) is 3. The summed E-state index contributed by atoms with van der Waals surface area (Å²) in [5, 5.41) is 4.38. The fourth-order valence-electron chi connectivity index (χ4n) is 2.89. The highest BCUT2D eigenvalue weighted by atomic mass is 32.2. The molecule has 0 radical (unpaired) electrons. The fraction of sp³-hybridized carbons (Fsp3) is 0.211. The quantitative estimate of drug-likeness (QED) is 0.722. The molecule has 0 saturated carbocycles. The van der Waals surface area contributed by atoms with E-state index in [1.54, 1.807) is 30.7 Å². The first kappa shape index (κ1) is 18.3. The molecule has 0 atom stereocenters. The molecule has 1 aromatic heterocycles. The van der Waals surface area contributed by atoms with Gasteiger partial charge in [0.1, 0.15) is 10.7 Å². The summed E-state index contributed by atoms with van der Waals surface area (Å²) < 4.78 is 42.6. The predicted octanol–water partition coefficient (Wildman–Crippen LogP) is 3.15. The van der Waals surface area contributed by atoms with E-state index in [0.717, 1.165) is 11.3 Å². The Morgan fingerprint density at radius 2 is 1.69 bits per heavy atom. The molecule has 2 aromatic carbocycles. The van der Waals surface area contributed by atoms with E-state index in [1.165, 1.54) is 12.1 Å². The molecule has 136 valence electrons. The van der Waals surface area contributed by atoms with Gasteiger partial charge in [0.15, 0.2) is 0 Å². The van der Waals surface area contributed by atoms with Crippen LogP contribution in [-0.2, 0) is 16.4 Å². The summed E-state index contributed by atoms with van der Waals surface area (Å²) in [7, 11) is -3.69. The van der Waals surface area contributed by atoms with Crippen LogP contribution in [0, 0.1) is 19.7 Å². The van der Waals surface area contributed by atoms with Gasteiger partial charge in [-0.3, -0.25) is 0 Å². The lowest BCUT2D eigenvalue weighted by molar-refractivity contribution is 0.580. The van der Waals surface area contributed by atoms with Gasteiger partial charge in [0.2, 0.25) is 10.0 Å². The largest absolute Gasteiger partial charge is 0.244 e. The predicted molar refractivity (Wildman–Crippen MR) is 98.3 cm³/mol. The zero-order valence-electron chi connectivity index (χ0n) is 14.6. The third kappa shape index (κ3) is 3.84. The van der Waals surface area contributed by atoms with E-state index in [9.17, 15) is 12.8 Å². The van der Waals surface area contributed by atoms with Gasteiger partial charge in [-0.2, -0.15) is 5.10 Å². The van der Waals surface area contributed by atoms with E-state index in [2.05, 4.69) is 9.82 Å². The second-order valence-electron chi connectivity index (χ2n) is 6.02. The van der Waals surface area contributed by atoms with Crippen LogP contribution in [0.25, 0.3) is 5.69 Å². The fourth-order valence-corrected chi connectivity index (χ4v) is 4.31. The number of sulfonamides is 1. The van der Waals surface area contributed by atoms with Gasteiger partial charge in [0, 0.05) is 6.54 Å². The summed E-state index contributed by atoms with van der Waals surface area (Å²) in [6.45, 7) is 3.64. The molecule has 0 aliphatic carbocycles. The molecule has 26 heavy (non-hydrogen) atoms. The molecular weight excluding hydrogens is 353 g/mol. The first-order valence-electron chi connectivity index (χ1n) is 8.24. The van der Waals surface area contributed by atoms with Crippen molar-refractivity contribution in [3.05, 3.63) is 77.4 Å². The minimum Gasteiger partial charge on any atom is -0.236 e. The van der Waals surface area contributed by atoms with Crippen molar-refractivity contribution in [2.45, 2.75) is 25.2 Å². The molecule has 7 heteroatoms. The summed E-state index contributed by atoms with van der Waals surface area (Å²) in [6, 6.07) is 15.4. The van der Waals surface area contributed by atoms with Gasteiger partial charge in [-0.25, -0.2) is 22.2 Å². The normalized spacial score (nSPS) is 11.7. The Balaban J connectivity index is 1.79. The lowest BCUT2D eigenvalue weighted by Crippen LogP contribution is -2.27. The van der Waals surface area contributed by atoms with Crippen molar-refractivity contribution in [1.82, 2.24) is 14.5 Å². The molecule has 0 amide bonds. The SMILES string of the molecule is Cc1nn(-c2ccccc2)c(C)c1S(=O)(=O)NCCc1ccc(F)cc1. The third-order valence-corrected chi connectivity index (χ3v) is 5.83. The van der Waals surface area contributed by atoms with Crippen LogP contribution in [0.3, 0.4) is 0 Å². The van der Waals surface area contributed by atoms with Gasteiger partial charge in [-0.1, -0.05) is 30.3 Å². The highest BCUT2D eigenvalue weighted by molar-refractivity contribution is 7.89. The average Bonchev–Trinajstić information content (AvgIpc) is 2.92. The van der Waals surface area contributed by atoms with Crippen molar-refractivity contribution in [3.8, 4) is 5.69 Å². The maximum Gasteiger partial charge on any atom is 0.244 e. The van der Waals surface area contributed by atoms with Crippen LogP contribution in [-0.4, -0.2) is 24.7 Å². The number of nitrogens with one attached hydrogen (secondary N) is 1. The number of rotatable bonds is 6. The van der Waals surface area contributed by atoms with Crippen LogP contribution in [0.2, 0.25) is 0 Å². The van der Waals surface area contributed by atoms with Crippen LogP contribution in [0.4, 0.5) is 4.39 Å². The summed E-state index contributed by atoms with van der Waals surface area (Å²) in [6.07, 6.45) is 0.477.